The first kappa shape index (κ1) is 18.2. The molecule has 27 heavy (non-hydrogen) atoms. The summed E-state index contributed by atoms with van der Waals surface area (Å²) in [5, 5.41) is 5.25. The lowest BCUT2D eigenvalue weighted by Gasteiger charge is -2.13. The Hall–Kier alpha value is -3.55. The van der Waals surface area contributed by atoms with Gasteiger partial charge in [-0.2, -0.15) is 0 Å². The van der Waals surface area contributed by atoms with E-state index in [0.29, 0.717) is 5.69 Å². The highest BCUT2D eigenvalue weighted by atomic mass is 19.1. The number of amides is 1. The number of carbonyl (C=O) groups is 1. The van der Waals surface area contributed by atoms with Crippen LogP contribution in [0.3, 0.4) is 0 Å². The number of hydrogen-bond donors (Lipinski definition) is 2. The molecule has 1 heterocycles. The number of carbonyl (C=O) groups excluding carboxylic acids is 1. The summed E-state index contributed by atoms with van der Waals surface area (Å²) in [4.78, 5) is 22.1. The quantitative estimate of drug-likeness (QED) is 0.716. The summed E-state index contributed by atoms with van der Waals surface area (Å²) < 4.78 is 27.5. The zero-order chi connectivity index (χ0) is 19.4. The number of benzene rings is 2. The van der Waals surface area contributed by atoms with Crippen LogP contribution in [0, 0.1) is 11.6 Å². The number of nitrogens with one attached hydrogen (secondary N) is 2. The normalized spacial score (nSPS) is 10.4. The molecular formula is C19H17F2N5O. The number of para-hydroxylation sites is 1. The second-order valence-corrected chi connectivity index (χ2v) is 5.91. The van der Waals surface area contributed by atoms with Gasteiger partial charge in [0.15, 0.2) is 0 Å². The van der Waals surface area contributed by atoms with E-state index >= 15 is 0 Å². The van der Waals surface area contributed by atoms with Gasteiger partial charge >= 0.3 is 0 Å². The molecule has 0 radical (unpaired) electrons. The third kappa shape index (κ3) is 4.35. The zero-order valence-corrected chi connectivity index (χ0v) is 14.7. The lowest BCUT2D eigenvalue weighted by Crippen LogP contribution is -2.15. The number of nitrogens with zero attached hydrogens (tertiary/aromatic N) is 3. The van der Waals surface area contributed by atoms with Crippen molar-refractivity contribution in [2.75, 3.05) is 29.6 Å². The monoisotopic (exact) mass is 369 g/mol. The first-order valence-electron chi connectivity index (χ1n) is 8.06. The summed E-state index contributed by atoms with van der Waals surface area (Å²) in [6, 6.07) is 12.1. The highest BCUT2D eigenvalue weighted by Crippen LogP contribution is 2.22. The van der Waals surface area contributed by atoms with E-state index in [4.69, 9.17) is 0 Å². The fourth-order valence-electron chi connectivity index (χ4n) is 2.33. The summed E-state index contributed by atoms with van der Waals surface area (Å²) in [5.41, 5.74) is 1.30. The molecule has 0 unspecified atom stereocenters. The second kappa shape index (κ2) is 7.77. The summed E-state index contributed by atoms with van der Waals surface area (Å²) in [6.45, 7) is 0. The van der Waals surface area contributed by atoms with Crippen LogP contribution < -0.4 is 15.5 Å². The largest absolute Gasteiger partial charge is 0.378 e. The van der Waals surface area contributed by atoms with Crippen molar-refractivity contribution >= 4 is 28.8 Å². The van der Waals surface area contributed by atoms with E-state index in [9.17, 15) is 13.6 Å². The molecule has 1 aromatic heterocycles. The Kier molecular flexibility index (Phi) is 5.25. The van der Waals surface area contributed by atoms with Crippen molar-refractivity contribution in [3.8, 4) is 0 Å². The molecule has 8 heteroatoms. The van der Waals surface area contributed by atoms with Crippen molar-refractivity contribution in [1.29, 1.82) is 0 Å². The van der Waals surface area contributed by atoms with Crippen LogP contribution in [0.1, 0.15) is 10.5 Å². The molecule has 3 aromatic rings. The highest BCUT2D eigenvalue weighted by molar-refractivity contribution is 6.03. The maximum absolute atomic E-state index is 13.7. The molecule has 0 atom stereocenters. The van der Waals surface area contributed by atoms with Gasteiger partial charge in [0.2, 0.25) is 0 Å². The second-order valence-electron chi connectivity index (χ2n) is 5.91. The molecule has 0 bridgehead atoms. The van der Waals surface area contributed by atoms with Gasteiger partial charge < -0.3 is 15.5 Å². The van der Waals surface area contributed by atoms with E-state index in [1.165, 1.54) is 12.1 Å². The van der Waals surface area contributed by atoms with Gasteiger partial charge in [-0.25, -0.2) is 18.7 Å². The summed E-state index contributed by atoms with van der Waals surface area (Å²) >= 11 is 0. The minimum absolute atomic E-state index is 0.0564. The SMILES string of the molecule is CN(C)c1ccc(NC(=O)c2cc(Nc3c(F)cccc3F)ncn2)cc1. The van der Waals surface area contributed by atoms with Crippen LogP contribution in [-0.2, 0) is 0 Å². The van der Waals surface area contributed by atoms with E-state index in [-0.39, 0.29) is 17.2 Å². The highest BCUT2D eigenvalue weighted by Gasteiger charge is 2.13. The Labute approximate surface area is 154 Å². The number of rotatable bonds is 5. The zero-order valence-electron chi connectivity index (χ0n) is 14.7. The van der Waals surface area contributed by atoms with Gasteiger partial charge in [-0.1, -0.05) is 6.07 Å². The van der Waals surface area contributed by atoms with Crippen LogP contribution in [0.15, 0.2) is 54.9 Å². The lowest BCUT2D eigenvalue weighted by atomic mass is 10.2. The summed E-state index contributed by atoms with van der Waals surface area (Å²) in [5.74, 6) is -1.89. The molecule has 0 fully saturated rings. The van der Waals surface area contributed by atoms with Crippen LogP contribution in [0.4, 0.5) is 31.7 Å². The third-order valence-electron chi connectivity index (χ3n) is 3.76. The van der Waals surface area contributed by atoms with Crippen LogP contribution >= 0.6 is 0 Å². The minimum atomic E-state index is -0.763. The van der Waals surface area contributed by atoms with E-state index in [0.717, 1.165) is 24.1 Å². The first-order valence-corrected chi connectivity index (χ1v) is 8.06. The Morgan fingerprint density at radius 3 is 2.30 bits per heavy atom. The Bertz CT molecular complexity index is 940. The number of aromatic nitrogens is 2. The maximum atomic E-state index is 13.7. The van der Waals surface area contributed by atoms with Crippen molar-refractivity contribution in [2.45, 2.75) is 0 Å². The lowest BCUT2D eigenvalue weighted by molar-refractivity contribution is 0.102. The Morgan fingerprint density at radius 2 is 1.67 bits per heavy atom. The molecule has 0 aliphatic heterocycles. The van der Waals surface area contributed by atoms with Crippen LogP contribution in [-0.4, -0.2) is 30.0 Å². The average molecular weight is 369 g/mol. The fourth-order valence-corrected chi connectivity index (χ4v) is 2.33. The van der Waals surface area contributed by atoms with Crippen molar-refractivity contribution in [1.82, 2.24) is 9.97 Å². The number of halogens is 2. The fraction of sp³-hybridized carbons (Fsp3) is 0.105. The standard InChI is InChI=1S/C19H17F2N5O/c1-26(2)13-8-6-12(7-9-13)24-19(27)16-10-17(23-11-22-16)25-18-14(20)4-3-5-15(18)21/h3-11H,1-2H3,(H,24,27)(H,22,23,25). The molecule has 1 amide bonds. The molecule has 3 rings (SSSR count). The summed E-state index contributed by atoms with van der Waals surface area (Å²) in [7, 11) is 3.84. The molecule has 0 saturated heterocycles. The van der Waals surface area contributed by atoms with Crippen molar-refractivity contribution in [3.63, 3.8) is 0 Å². The van der Waals surface area contributed by atoms with Crippen molar-refractivity contribution < 1.29 is 13.6 Å². The molecule has 0 aliphatic carbocycles. The molecule has 6 nitrogen and oxygen atoms in total. The van der Waals surface area contributed by atoms with Gasteiger partial charge in [0.05, 0.1) is 0 Å². The van der Waals surface area contributed by atoms with Crippen LogP contribution in [0.25, 0.3) is 0 Å². The number of hydrogen-bond acceptors (Lipinski definition) is 5. The van der Waals surface area contributed by atoms with E-state index < -0.39 is 17.5 Å². The molecular weight excluding hydrogens is 352 g/mol. The van der Waals surface area contributed by atoms with Gasteiger partial charge in [0.1, 0.15) is 35.2 Å². The Balaban J connectivity index is 1.75. The van der Waals surface area contributed by atoms with Crippen molar-refractivity contribution in [3.05, 3.63) is 72.2 Å². The van der Waals surface area contributed by atoms with Crippen LogP contribution in [0.5, 0.6) is 0 Å². The molecule has 138 valence electrons. The predicted molar refractivity (Wildman–Crippen MR) is 100 cm³/mol. The smallest absolute Gasteiger partial charge is 0.274 e. The van der Waals surface area contributed by atoms with E-state index in [2.05, 4.69) is 20.6 Å². The van der Waals surface area contributed by atoms with Crippen LogP contribution in [0.2, 0.25) is 0 Å². The van der Waals surface area contributed by atoms with Gasteiger partial charge in [0, 0.05) is 31.5 Å². The Morgan fingerprint density at radius 1 is 1.00 bits per heavy atom. The summed E-state index contributed by atoms with van der Waals surface area (Å²) in [6.07, 6.45) is 1.14. The number of anilines is 4. The van der Waals surface area contributed by atoms with Crippen molar-refractivity contribution in [2.24, 2.45) is 0 Å². The molecule has 0 spiro atoms. The van der Waals surface area contributed by atoms with Gasteiger partial charge in [-0.3, -0.25) is 4.79 Å². The van der Waals surface area contributed by atoms with Gasteiger partial charge in [-0.05, 0) is 36.4 Å². The average Bonchev–Trinajstić information content (AvgIpc) is 2.65. The van der Waals surface area contributed by atoms with Gasteiger partial charge in [-0.15, -0.1) is 0 Å². The van der Waals surface area contributed by atoms with Gasteiger partial charge in [0.25, 0.3) is 5.91 Å². The molecule has 2 aromatic carbocycles. The third-order valence-corrected chi connectivity index (χ3v) is 3.76. The molecule has 0 aliphatic rings. The van der Waals surface area contributed by atoms with E-state index in [1.807, 2.05) is 31.1 Å². The van der Waals surface area contributed by atoms with E-state index in [1.54, 1.807) is 12.1 Å². The molecule has 2 N–H and O–H groups in total. The maximum Gasteiger partial charge on any atom is 0.274 e. The topological polar surface area (TPSA) is 70.2 Å². The minimum Gasteiger partial charge on any atom is -0.378 e. The predicted octanol–water partition coefficient (Wildman–Crippen LogP) is 3.82. The molecule has 0 saturated carbocycles. The first-order chi connectivity index (χ1) is 12.9.